The lowest BCUT2D eigenvalue weighted by Gasteiger charge is -2.41. The molecule has 2 aliphatic heterocycles. The largest absolute Gasteiger partial charge is 0.299 e. The molecular weight excluding hydrogens is 182 g/mol. The molecule has 0 spiro atoms. The molecule has 2 fully saturated rings. The van der Waals surface area contributed by atoms with E-state index >= 15 is 0 Å². The van der Waals surface area contributed by atoms with Crippen LogP contribution in [0, 0.1) is 11.8 Å². The maximum atomic E-state index is 11.7. The molecule has 0 amide bonds. The van der Waals surface area contributed by atoms with Gasteiger partial charge in [0.25, 0.3) is 0 Å². The van der Waals surface area contributed by atoms with Crippen molar-refractivity contribution in [1.29, 1.82) is 0 Å². The minimum atomic E-state index is 0.333. The number of Topliss-reactive ketones (excluding diaryl/α,β-unsaturated/α-hetero) is 1. The molecule has 2 saturated heterocycles. The zero-order chi connectivity index (χ0) is 9.42. The predicted octanol–water partition coefficient (Wildman–Crippen LogP) is 1.26. The van der Waals surface area contributed by atoms with Crippen molar-refractivity contribution < 1.29 is 4.79 Å². The van der Waals surface area contributed by atoms with Crippen molar-refractivity contribution in [3.63, 3.8) is 0 Å². The lowest BCUT2D eigenvalue weighted by atomic mass is 9.88. The summed E-state index contributed by atoms with van der Waals surface area (Å²) in [6, 6.07) is 0.598. The highest BCUT2D eigenvalue weighted by Gasteiger charge is 2.38. The summed E-state index contributed by atoms with van der Waals surface area (Å²) in [5.41, 5.74) is 0. The van der Waals surface area contributed by atoms with Crippen molar-refractivity contribution in [2.45, 2.75) is 19.9 Å². The molecule has 0 unspecified atom stereocenters. The zero-order valence-electron chi connectivity index (χ0n) is 8.32. The summed E-state index contributed by atoms with van der Waals surface area (Å²) in [4.78, 5) is 14.2. The van der Waals surface area contributed by atoms with Gasteiger partial charge in [-0.2, -0.15) is 11.8 Å². The van der Waals surface area contributed by atoms with Crippen LogP contribution < -0.4 is 0 Å². The summed E-state index contributed by atoms with van der Waals surface area (Å²) in [6.07, 6.45) is 0. The molecule has 2 nitrogen and oxygen atoms in total. The van der Waals surface area contributed by atoms with Gasteiger partial charge in [0, 0.05) is 42.5 Å². The molecule has 0 aromatic carbocycles. The highest BCUT2D eigenvalue weighted by Crippen LogP contribution is 2.30. The molecule has 2 bridgehead atoms. The molecule has 0 N–H and O–H groups in total. The molecule has 0 aromatic heterocycles. The van der Waals surface area contributed by atoms with Crippen molar-refractivity contribution in [1.82, 2.24) is 4.90 Å². The van der Waals surface area contributed by atoms with E-state index in [0.29, 0.717) is 23.7 Å². The topological polar surface area (TPSA) is 20.3 Å². The Morgan fingerprint density at radius 1 is 1.31 bits per heavy atom. The number of fused-ring (bicyclic) bond motifs is 2. The first-order valence-electron chi connectivity index (χ1n) is 5.04. The maximum absolute atomic E-state index is 11.7. The van der Waals surface area contributed by atoms with E-state index in [9.17, 15) is 4.79 Å². The Kier molecular flexibility index (Phi) is 2.65. The van der Waals surface area contributed by atoms with E-state index in [0.717, 1.165) is 24.6 Å². The SMILES string of the molecule is CC(C)N1C[C@H]2CSC[C@@H](C1)C2=O. The Labute approximate surface area is 84.1 Å². The number of hydrogen-bond acceptors (Lipinski definition) is 3. The van der Waals surface area contributed by atoms with E-state index in [-0.39, 0.29) is 0 Å². The van der Waals surface area contributed by atoms with Crippen LogP contribution in [0.1, 0.15) is 13.8 Å². The quantitative estimate of drug-likeness (QED) is 0.634. The highest BCUT2D eigenvalue weighted by molar-refractivity contribution is 7.99. The van der Waals surface area contributed by atoms with E-state index < -0.39 is 0 Å². The van der Waals surface area contributed by atoms with Crippen LogP contribution in [-0.4, -0.2) is 41.3 Å². The summed E-state index contributed by atoms with van der Waals surface area (Å²) >= 11 is 1.96. The Bertz CT molecular complexity index is 201. The van der Waals surface area contributed by atoms with E-state index in [1.807, 2.05) is 11.8 Å². The van der Waals surface area contributed by atoms with Gasteiger partial charge in [0.2, 0.25) is 0 Å². The molecule has 2 atom stereocenters. The third-order valence-corrected chi connectivity index (χ3v) is 4.36. The monoisotopic (exact) mass is 199 g/mol. The van der Waals surface area contributed by atoms with E-state index in [1.54, 1.807) is 0 Å². The molecule has 13 heavy (non-hydrogen) atoms. The average molecular weight is 199 g/mol. The fourth-order valence-corrected chi connectivity index (χ4v) is 3.44. The number of hydrogen-bond donors (Lipinski definition) is 0. The van der Waals surface area contributed by atoms with Crippen LogP contribution >= 0.6 is 11.8 Å². The van der Waals surface area contributed by atoms with Crippen LogP contribution in [0.2, 0.25) is 0 Å². The van der Waals surface area contributed by atoms with Crippen LogP contribution in [0.3, 0.4) is 0 Å². The number of nitrogens with zero attached hydrogens (tertiary/aromatic N) is 1. The fraction of sp³-hybridized carbons (Fsp3) is 0.900. The maximum Gasteiger partial charge on any atom is 0.143 e. The first-order valence-corrected chi connectivity index (χ1v) is 6.19. The average Bonchev–Trinajstić information content (AvgIpc) is 2.02. The minimum absolute atomic E-state index is 0.333. The van der Waals surface area contributed by atoms with Gasteiger partial charge in [-0.25, -0.2) is 0 Å². The van der Waals surface area contributed by atoms with Gasteiger partial charge in [0.05, 0.1) is 0 Å². The van der Waals surface area contributed by atoms with Crippen molar-refractivity contribution in [2.75, 3.05) is 24.6 Å². The highest BCUT2D eigenvalue weighted by atomic mass is 32.2. The number of carbonyl (C=O) groups excluding carboxylic acids is 1. The van der Waals surface area contributed by atoms with Gasteiger partial charge in [-0.1, -0.05) is 0 Å². The molecule has 2 aliphatic rings. The van der Waals surface area contributed by atoms with Crippen LogP contribution in [0.25, 0.3) is 0 Å². The summed E-state index contributed by atoms with van der Waals surface area (Å²) in [6.45, 7) is 6.44. The van der Waals surface area contributed by atoms with E-state index in [4.69, 9.17) is 0 Å². The van der Waals surface area contributed by atoms with Crippen molar-refractivity contribution in [3.8, 4) is 0 Å². The minimum Gasteiger partial charge on any atom is -0.299 e. The van der Waals surface area contributed by atoms with Gasteiger partial charge in [-0.05, 0) is 13.8 Å². The lowest BCUT2D eigenvalue weighted by Crippen LogP contribution is -2.52. The zero-order valence-corrected chi connectivity index (χ0v) is 9.14. The summed E-state index contributed by atoms with van der Waals surface area (Å²) < 4.78 is 0. The third-order valence-electron chi connectivity index (χ3n) is 3.08. The molecular formula is C10H17NOS. The molecule has 2 rings (SSSR count). The Morgan fingerprint density at radius 2 is 1.85 bits per heavy atom. The second-order valence-corrected chi connectivity index (χ2v) is 5.46. The second kappa shape index (κ2) is 3.62. The number of piperidine rings is 1. The normalized spacial score (nSPS) is 35.5. The standard InChI is InChI=1S/C10H17NOS/c1-7(2)11-3-8-5-13-6-9(4-11)10(8)12/h7-9H,3-6H2,1-2H3/t8-,9+. The van der Waals surface area contributed by atoms with Crippen molar-refractivity contribution >= 4 is 17.5 Å². The number of carbonyl (C=O) groups is 1. The number of ketones is 1. The van der Waals surface area contributed by atoms with Gasteiger partial charge >= 0.3 is 0 Å². The van der Waals surface area contributed by atoms with Crippen molar-refractivity contribution in [2.24, 2.45) is 11.8 Å². The molecule has 0 saturated carbocycles. The van der Waals surface area contributed by atoms with Crippen LogP contribution in [0.15, 0.2) is 0 Å². The first-order chi connectivity index (χ1) is 6.18. The Morgan fingerprint density at radius 3 is 2.31 bits per heavy atom. The predicted molar refractivity (Wildman–Crippen MR) is 56.0 cm³/mol. The van der Waals surface area contributed by atoms with Gasteiger partial charge < -0.3 is 0 Å². The second-order valence-electron chi connectivity index (χ2n) is 4.38. The lowest BCUT2D eigenvalue weighted by molar-refractivity contribution is -0.130. The molecule has 74 valence electrons. The number of thioether (sulfide) groups is 1. The van der Waals surface area contributed by atoms with Gasteiger partial charge in [-0.15, -0.1) is 0 Å². The van der Waals surface area contributed by atoms with Gasteiger partial charge in [0.1, 0.15) is 5.78 Å². The number of likely N-dealkylation sites (tertiary alicyclic amines) is 1. The smallest absolute Gasteiger partial charge is 0.143 e. The Hall–Kier alpha value is -0.0200. The molecule has 0 aliphatic carbocycles. The summed E-state index contributed by atoms with van der Waals surface area (Å²) in [5, 5.41) is 0. The van der Waals surface area contributed by atoms with Crippen molar-refractivity contribution in [3.05, 3.63) is 0 Å². The third kappa shape index (κ3) is 1.77. The number of rotatable bonds is 1. The van der Waals surface area contributed by atoms with E-state index in [1.165, 1.54) is 0 Å². The molecule has 2 heterocycles. The van der Waals surface area contributed by atoms with Crippen LogP contribution in [0.5, 0.6) is 0 Å². The molecule has 0 aromatic rings. The van der Waals surface area contributed by atoms with Gasteiger partial charge in [-0.3, -0.25) is 9.69 Å². The molecule has 0 radical (unpaired) electrons. The molecule has 3 heteroatoms. The van der Waals surface area contributed by atoms with Crippen LogP contribution in [0.4, 0.5) is 0 Å². The fourth-order valence-electron chi connectivity index (χ4n) is 2.20. The first kappa shape index (κ1) is 9.53. The van der Waals surface area contributed by atoms with Crippen LogP contribution in [-0.2, 0) is 4.79 Å². The Balaban J connectivity index is 2.07. The van der Waals surface area contributed by atoms with E-state index in [2.05, 4.69) is 18.7 Å². The van der Waals surface area contributed by atoms with Gasteiger partial charge in [0.15, 0.2) is 0 Å². The summed E-state index contributed by atoms with van der Waals surface area (Å²) in [7, 11) is 0. The summed E-state index contributed by atoms with van der Waals surface area (Å²) in [5.74, 6) is 3.31.